The van der Waals surface area contributed by atoms with Gasteiger partial charge in [-0.15, -0.1) is 0 Å². The van der Waals surface area contributed by atoms with Gasteiger partial charge in [-0.1, -0.05) is 28.0 Å². The van der Waals surface area contributed by atoms with Crippen molar-refractivity contribution in [3.8, 4) is 0 Å². The SMILES string of the molecule is CCN(CC(C)C(N)=NO)C(=O)c1ccc(Br)cc1C. The third-order valence-electron chi connectivity index (χ3n) is 3.20. The Kier molecular flexibility index (Phi) is 6.01. The molecule has 1 unspecified atom stereocenters. The Balaban J connectivity index is 2.92. The minimum Gasteiger partial charge on any atom is -0.409 e. The lowest BCUT2D eigenvalue weighted by molar-refractivity contribution is 0.0753. The number of amides is 1. The van der Waals surface area contributed by atoms with Crippen molar-refractivity contribution in [3.05, 3.63) is 33.8 Å². The molecule has 20 heavy (non-hydrogen) atoms. The maximum atomic E-state index is 12.5. The number of nitrogens with two attached hydrogens (primary N) is 1. The van der Waals surface area contributed by atoms with Crippen LogP contribution in [-0.2, 0) is 0 Å². The smallest absolute Gasteiger partial charge is 0.254 e. The van der Waals surface area contributed by atoms with Gasteiger partial charge in [0.15, 0.2) is 0 Å². The van der Waals surface area contributed by atoms with Crippen LogP contribution in [0.1, 0.15) is 29.8 Å². The molecule has 0 bridgehead atoms. The van der Waals surface area contributed by atoms with Crippen molar-refractivity contribution in [2.75, 3.05) is 13.1 Å². The third kappa shape index (κ3) is 3.96. The number of amidine groups is 1. The number of halogens is 1. The molecule has 5 nitrogen and oxygen atoms in total. The van der Waals surface area contributed by atoms with Gasteiger partial charge >= 0.3 is 0 Å². The molecule has 1 aromatic carbocycles. The Morgan fingerprint density at radius 1 is 1.55 bits per heavy atom. The van der Waals surface area contributed by atoms with Crippen molar-refractivity contribution in [2.45, 2.75) is 20.8 Å². The molecule has 110 valence electrons. The van der Waals surface area contributed by atoms with E-state index in [0.29, 0.717) is 18.7 Å². The maximum Gasteiger partial charge on any atom is 0.254 e. The first-order chi connectivity index (χ1) is 9.40. The summed E-state index contributed by atoms with van der Waals surface area (Å²) in [5, 5.41) is 11.7. The Labute approximate surface area is 127 Å². The largest absolute Gasteiger partial charge is 0.409 e. The molecule has 0 aliphatic heterocycles. The van der Waals surface area contributed by atoms with Crippen LogP contribution in [0.15, 0.2) is 27.8 Å². The number of aryl methyl sites for hydroxylation is 1. The van der Waals surface area contributed by atoms with Crippen LogP contribution >= 0.6 is 15.9 Å². The molecule has 6 heteroatoms. The normalized spacial score (nSPS) is 13.1. The van der Waals surface area contributed by atoms with E-state index in [4.69, 9.17) is 10.9 Å². The van der Waals surface area contributed by atoms with E-state index in [1.807, 2.05) is 32.9 Å². The van der Waals surface area contributed by atoms with Gasteiger partial charge in [-0.2, -0.15) is 0 Å². The van der Waals surface area contributed by atoms with Crippen LogP contribution in [0.25, 0.3) is 0 Å². The van der Waals surface area contributed by atoms with Crippen molar-refractivity contribution >= 4 is 27.7 Å². The molecule has 1 amide bonds. The molecule has 1 rings (SSSR count). The van der Waals surface area contributed by atoms with E-state index in [-0.39, 0.29) is 17.7 Å². The van der Waals surface area contributed by atoms with E-state index in [0.717, 1.165) is 10.0 Å². The summed E-state index contributed by atoms with van der Waals surface area (Å²) in [5.74, 6) is -0.112. The summed E-state index contributed by atoms with van der Waals surface area (Å²) < 4.78 is 0.944. The number of oxime groups is 1. The molecule has 0 saturated carbocycles. The maximum absolute atomic E-state index is 12.5. The standard InChI is InChI=1S/C14H20BrN3O2/c1-4-18(8-10(3)13(16)17-20)14(19)12-6-5-11(15)7-9(12)2/h5-7,10,20H,4,8H2,1-3H3,(H2,16,17). The average molecular weight is 342 g/mol. The predicted octanol–water partition coefficient (Wildman–Crippen LogP) is 2.60. The molecule has 0 aromatic heterocycles. The minimum atomic E-state index is -0.195. The molecule has 0 aliphatic carbocycles. The third-order valence-corrected chi connectivity index (χ3v) is 3.70. The highest BCUT2D eigenvalue weighted by atomic mass is 79.9. The van der Waals surface area contributed by atoms with Gasteiger partial charge in [0.1, 0.15) is 5.84 Å². The second-order valence-electron chi connectivity index (χ2n) is 4.73. The Bertz CT molecular complexity index is 517. The summed E-state index contributed by atoms with van der Waals surface area (Å²) in [6, 6.07) is 5.56. The molecule has 0 spiro atoms. The molecule has 0 radical (unpaired) electrons. The van der Waals surface area contributed by atoms with E-state index in [2.05, 4.69) is 21.1 Å². The summed E-state index contributed by atoms with van der Waals surface area (Å²) in [6.07, 6.45) is 0. The quantitative estimate of drug-likeness (QED) is 0.374. The number of hydrogen-bond donors (Lipinski definition) is 2. The van der Waals surface area contributed by atoms with Gasteiger partial charge in [-0.05, 0) is 37.6 Å². The van der Waals surface area contributed by atoms with Crippen LogP contribution in [0.4, 0.5) is 0 Å². The minimum absolute atomic E-state index is 0.0462. The van der Waals surface area contributed by atoms with Crippen molar-refractivity contribution < 1.29 is 10.0 Å². The number of benzene rings is 1. The zero-order chi connectivity index (χ0) is 15.3. The summed E-state index contributed by atoms with van der Waals surface area (Å²) in [7, 11) is 0. The molecule has 0 aliphatic rings. The fraction of sp³-hybridized carbons (Fsp3) is 0.429. The first kappa shape index (κ1) is 16.5. The van der Waals surface area contributed by atoms with Crippen LogP contribution in [-0.4, -0.2) is 34.9 Å². The van der Waals surface area contributed by atoms with Crippen LogP contribution in [0, 0.1) is 12.8 Å². The van der Waals surface area contributed by atoms with Crippen LogP contribution in [0.2, 0.25) is 0 Å². The van der Waals surface area contributed by atoms with Gasteiger partial charge in [0.25, 0.3) is 5.91 Å². The Hall–Kier alpha value is -1.56. The van der Waals surface area contributed by atoms with E-state index in [9.17, 15) is 4.79 Å². The number of rotatable bonds is 5. The van der Waals surface area contributed by atoms with Crippen molar-refractivity contribution in [3.63, 3.8) is 0 Å². The predicted molar refractivity (Wildman–Crippen MR) is 83.0 cm³/mol. The van der Waals surface area contributed by atoms with Crippen molar-refractivity contribution in [1.82, 2.24) is 4.90 Å². The first-order valence-electron chi connectivity index (χ1n) is 6.43. The average Bonchev–Trinajstić information content (AvgIpc) is 2.42. The zero-order valence-corrected chi connectivity index (χ0v) is 13.5. The zero-order valence-electron chi connectivity index (χ0n) is 11.9. The molecule has 0 heterocycles. The van der Waals surface area contributed by atoms with E-state index < -0.39 is 0 Å². The molecule has 3 N–H and O–H groups in total. The highest BCUT2D eigenvalue weighted by Gasteiger charge is 2.20. The van der Waals surface area contributed by atoms with Gasteiger partial charge in [0, 0.05) is 29.0 Å². The summed E-state index contributed by atoms with van der Waals surface area (Å²) in [4.78, 5) is 14.2. The van der Waals surface area contributed by atoms with Gasteiger partial charge in [0.2, 0.25) is 0 Å². The second-order valence-corrected chi connectivity index (χ2v) is 5.64. The Morgan fingerprint density at radius 2 is 2.20 bits per heavy atom. The van der Waals surface area contributed by atoms with Crippen LogP contribution in [0.5, 0.6) is 0 Å². The number of nitrogens with zero attached hydrogens (tertiary/aromatic N) is 2. The Morgan fingerprint density at radius 3 is 2.70 bits per heavy atom. The highest BCUT2D eigenvalue weighted by Crippen LogP contribution is 2.18. The lowest BCUT2D eigenvalue weighted by atomic mass is 10.1. The van der Waals surface area contributed by atoms with Gasteiger partial charge in [-0.25, -0.2) is 0 Å². The molecule has 0 saturated heterocycles. The van der Waals surface area contributed by atoms with Gasteiger partial charge < -0.3 is 15.8 Å². The second kappa shape index (κ2) is 7.28. The van der Waals surface area contributed by atoms with Crippen molar-refractivity contribution in [2.24, 2.45) is 16.8 Å². The monoisotopic (exact) mass is 341 g/mol. The van der Waals surface area contributed by atoms with E-state index in [1.54, 1.807) is 11.0 Å². The number of carbonyl (C=O) groups excluding carboxylic acids is 1. The topological polar surface area (TPSA) is 78.9 Å². The van der Waals surface area contributed by atoms with Crippen molar-refractivity contribution in [1.29, 1.82) is 0 Å². The van der Waals surface area contributed by atoms with Crippen LogP contribution < -0.4 is 5.73 Å². The molecular formula is C14H20BrN3O2. The highest BCUT2D eigenvalue weighted by molar-refractivity contribution is 9.10. The van der Waals surface area contributed by atoms with E-state index in [1.165, 1.54) is 0 Å². The fourth-order valence-corrected chi connectivity index (χ4v) is 2.39. The van der Waals surface area contributed by atoms with E-state index >= 15 is 0 Å². The lowest BCUT2D eigenvalue weighted by Gasteiger charge is -2.24. The number of hydrogen-bond acceptors (Lipinski definition) is 3. The molecule has 1 atom stereocenters. The van der Waals surface area contributed by atoms with Gasteiger partial charge in [0.05, 0.1) is 0 Å². The van der Waals surface area contributed by atoms with Gasteiger partial charge in [-0.3, -0.25) is 4.79 Å². The summed E-state index contributed by atoms with van der Waals surface area (Å²) >= 11 is 3.38. The number of carbonyl (C=O) groups is 1. The summed E-state index contributed by atoms with van der Waals surface area (Å²) in [5.41, 5.74) is 7.15. The molecule has 0 fully saturated rings. The van der Waals surface area contributed by atoms with Crippen LogP contribution in [0.3, 0.4) is 0 Å². The molecular weight excluding hydrogens is 322 g/mol. The first-order valence-corrected chi connectivity index (χ1v) is 7.22. The lowest BCUT2D eigenvalue weighted by Crippen LogP contribution is -2.39. The summed E-state index contributed by atoms with van der Waals surface area (Å²) in [6.45, 7) is 6.61. The molecule has 1 aromatic rings. The fourth-order valence-electron chi connectivity index (χ4n) is 1.92.